The van der Waals surface area contributed by atoms with Crippen LogP contribution in [0.15, 0.2) is 54.9 Å². The number of hydrogen-bond acceptors (Lipinski definition) is 3. The molecule has 0 atom stereocenters. The van der Waals surface area contributed by atoms with Gasteiger partial charge in [0.15, 0.2) is 12.4 Å². The molecule has 6 heteroatoms. The number of nitrogens with zero attached hydrogens (tertiary/aromatic N) is 3. The highest BCUT2D eigenvalue weighted by molar-refractivity contribution is 6.27. The van der Waals surface area contributed by atoms with Gasteiger partial charge >= 0.3 is 0 Å². The van der Waals surface area contributed by atoms with Crippen LogP contribution in [-0.4, -0.2) is 21.1 Å². The van der Waals surface area contributed by atoms with Crippen molar-refractivity contribution < 1.29 is 38.1 Å². The number of hydrogen-bond donors (Lipinski definition) is 0. The van der Waals surface area contributed by atoms with Crippen molar-refractivity contribution >= 4 is 11.6 Å². The quantitative estimate of drug-likeness (QED) is 0.199. The first-order valence-corrected chi connectivity index (χ1v) is 10.4. The summed E-state index contributed by atoms with van der Waals surface area (Å²) in [6, 6.07) is 13.2. The smallest absolute Gasteiger partial charge is 0.214 e. The number of rotatable bonds is 8. The van der Waals surface area contributed by atoms with Gasteiger partial charge in [0.25, 0.3) is 0 Å². The predicted octanol–water partition coefficient (Wildman–Crippen LogP) is 0.909. The lowest BCUT2D eigenvalue weighted by Crippen LogP contribution is -3.00. The van der Waals surface area contributed by atoms with E-state index in [4.69, 9.17) is 0 Å². The number of imidazole rings is 1. The lowest BCUT2D eigenvalue weighted by atomic mass is 9.90. The summed E-state index contributed by atoms with van der Waals surface area (Å²) < 4.78 is 4.15. The van der Waals surface area contributed by atoms with Crippen molar-refractivity contribution in [3.63, 3.8) is 0 Å². The number of ketones is 2. The van der Waals surface area contributed by atoms with Gasteiger partial charge in [-0.25, -0.2) is 9.55 Å². The molecule has 0 unspecified atom stereocenters. The van der Waals surface area contributed by atoms with Gasteiger partial charge in [-0.1, -0.05) is 43.2 Å². The topological polar surface area (TPSA) is 55.8 Å². The maximum absolute atomic E-state index is 13.0. The fourth-order valence-corrected chi connectivity index (χ4v) is 4.04. The monoisotopic (exact) mass is 515 g/mol. The van der Waals surface area contributed by atoms with Crippen LogP contribution in [0.4, 0.5) is 0 Å². The van der Waals surface area contributed by atoms with Crippen molar-refractivity contribution in [2.75, 3.05) is 0 Å². The molecule has 0 aliphatic heterocycles. The molecule has 0 spiro atoms. The number of aryl methyl sites for hydroxylation is 2. The summed E-state index contributed by atoms with van der Waals surface area (Å²) in [5.74, 6) is 0.510. The van der Waals surface area contributed by atoms with E-state index in [1.807, 2.05) is 17.6 Å². The molecular weight excluding hydrogens is 489 g/mol. The molecule has 156 valence electrons. The van der Waals surface area contributed by atoms with E-state index >= 15 is 0 Å². The molecule has 0 bridgehead atoms. The zero-order chi connectivity index (χ0) is 20.2. The molecule has 3 aromatic rings. The molecule has 4 rings (SSSR count). The Morgan fingerprint density at radius 3 is 2.20 bits per heavy atom. The van der Waals surface area contributed by atoms with Gasteiger partial charge in [0.05, 0.1) is 0 Å². The number of benzene rings is 1. The van der Waals surface area contributed by atoms with Crippen molar-refractivity contribution in [2.45, 2.75) is 52.1 Å². The first-order valence-electron chi connectivity index (χ1n) is 10.4. The van der Waals surface area contributed by atoms with Crippen LogP contribution in [0, 0.1) is 6.92 Å². The molecule has 2 aromatic heterocycles. The van der Waals surface area contributed by atoms with E-state index in [0.717, 1.165) is 38.2 Å². The second-order valence-corrected chi connectivity index (χ2v) is 7.59. The maximum Gasteiger partial charge on any atom is 0.214 e. The van der Waals surface area contributed by atoms with Gasteiger partial charge in [-0.2, -0.15) is 0 Å². The van der Waals surface area contributed by atoms with Crippen molar-refractivity contribution in [3.05, 3.63) is 83.2 Å². The molecule has 0 saturated heterocycles. The molecule has 0 saturated carbocycles. The highest BCUT2D eigenvalue weighted by Gasteiger charge is 2.34. The molecule has 0 radical (unpaired) electrons. The SMILES string of the molecule is Cc1nc2c(n1CCCCCCC[n+]1ccccc1)C(=O)c1ccccc1C2=O.[I-]. The van der Waals surface area contributed by atoms with Gasteiger partial charge in [-0.15, -0.1) is 0 Å². The standard InChI is InChI=1S/C24H26N3O2.HI/c1-18-25-21-22(24(29)20-13-7-6-12-19(20)23(21)28)27(18)17-11-4-2-3-8-14-26-15-9-5-10-16-26;/h5-7,9-10,12-13,15-16H,2-4,8,11,14,17H2,1H3;1H/q+1;/p-1. The lowest BCUT2D eigenvalue weighted by Gasteiger charge is -2.16. The van der Waals surface area contributed by atoms with Crippen LogP contribution in [0.25, 0.3) is 0 Å². The van der Waals surface area contributed by atoms with E-state index in [1.54, 1.807) is 24.3 Å². The number of halogens is 1. The fourth-order valence-electron chi connectivity index (χ4n) is 4.04. The highest BCUT2D eigenvalue weighted by atomic mass is 127. The minimum absolute atomic E-state index is 0. The second-order valence-electron chi connectivity index (χ2n) is 7.59. The summed E-state index contributed by atoms with van der Waals surface area (Å²) in [6.07, 6.45) is 9.79. The molecule has 1 aromatic carbocycles. The van der Waals surface area contributed by atoms with Gasteiger partial charge < -0.3 is 28.5 Å². The Bertz CT molecular complexity index is 1040. The minimum Gasteiger partial charge on any atom is -1.00 e. The Balaban J connectivity index is 0.00000256. The minimum atomic E-state index is -0.143. The van der Waals surface area contributed by atoms with Crippen LogP contribution in [0.5, 0.6) is 0 Å². The Morgan fingerprint density at radius 2 is 1.47 bits per heavy atom. The molecule has 30 heavy (non-hydrogen) atoms. The largest absolute Gasteiger partial charge is 1.00 e. The fraction of sp³-hybridized carbons (Fsp3) is 0.333. The Kier molecular flexibility index (Phi) is 7.53. The number of fused-ring (bicyclic) bond motifs is 2. The van der Waals surface area contributed by atoms with Crippen LogP contribution in [0.2, 0.25) is 0 Å². The van der Waals surface area contributed by atoms with Gasteiger partial charge in [0, 0.05) is 36.2 Å². The molecule has 2 heterocycles. The predicted molar refractivity (Wildman–Crippen MR) is 110 cm³/mol. The molecule has 0 N–H and O–H groups in total. The molecule has 1 aliphatic rings. The summed E-state index contributed by atoms with van der Waals surface area (Å²) in [6.45, 7) is 3.65. The first-order chi connectivity index (χ1) is 14.2. The van der Waals surface area contributed by atoms with E-state index in [-0.39, 0.29) is 35.5 Å². The average molecular weight is 515 g/mol. The summed E-state index contributed by atoms with van der Waals surface area (Å²) in [7, 11) is 0. The Morgan fingerprint density at radius 1 is 0.833 bits per heavy atom. The van der Waals surface area contributed by atoms with E-state index in [0.29, 0.717) is 22.5 Å². The van der Waals surface area contributed by atoms with Crippen LogP contribution in [0.1, 0.15) is 70.0 Å². The van der Waals surface area contributed by atoms with Crippen LogP contribution in [0.3, 0.4) is 0 Å². The van der Waals surface area contributed by atoms with Crippen LogP contribution in [-0.2, 0) is 13.1 Å². The lowest BCUT2D eigenvalue weighted by molar-refractivity contribution is -0.697. The number of unbranched alkanes of at least 4 members (excludes halogenated alkanes) is 4. The molecule has 1 aliphatic carbocycles. The summed E-state index contributed by atoms with van der Waals surface area (Å²) >= 11 is 0. The number of carbonyl (C=O) groups excluding carboxylic acids is 2. The van der Waals surface area contributed by atoms with Crippen LogP contribution >= 0.6 is 0 Å². The van der Waals surface area contributed by atoms with E-state index in [2.05, 4.69) is 34.1 Å². The molecule has 0 fully saturated rings. The Labute approximate surface area is 194 Å². The highest BCUT2D eigenvalue weighted by Crippen LogP contribution is 2.28. The Hall–Kier alpha value is -2.35. The number of pyridine rings is 1. The second kappa shape index (κ2) is 10.1. The van der Waals surface area contributed by atoms with E-state index in [1.165, 1.54) is 12.8 Å². The number of aromatic nitrogens is 3. The number of carbonyl (C=O) groups is 2. The summed E-state index contributed by atoms with van der Waals surface area (Å²) in [5.41, 5.74) is 1.73. The van der Waals surface area contributed by atoms with Crippen molar-refractivity contribution in [1.82, 2.24) is 9.55 Å². The normalized spacial score (nSPS) is 12.3. The molecule has 5 nitrogen and oxygen atoms in total. The first kappa shape index (κ1) is 22.3. The summed E-state index contributed by atoms with van der Waals surface area (Å²) in [5, 5.41) is 0. The molecule has 0 amide bonds. The third-order valence-electron chi connectivity index (χ3n) is 5.58. The van der Waals surface area contributed by atoms with Gasteiger partial charge in [-0.3, -0.25) is 9.59 Å². The molecular formula is C24H26IN3O2. The van der Waals surface area contributed by atoms with E-state index < -0.39 is 0 Å². The van der Waals surface area contributed by atoms with Crippen molar-refractivity contribution in [1.29, 1.82) is 0 Å². The van der Waals surface area contributed by atoms with Gasteiger partial charge in [0.1, 0.15) is 23.8 Å². The summed E-state index contributed by atoms with van der Waals surface area (Å²) in [4.78, 5) is 30.2. The zero-order valence-electron chi connectivity index (χ0n) is 17.2. The van der Waals surface area contributed by atoms with Gasteiger partial charge in [-0.05, 0) is 19.8 Å². The third-order valence-corrected chi connectivity index (χ3v) is 5.58. The maximum atomic E-state index is 13.0. The van der Waals surface area contributed by atoms with Crippen molar-refractivity contribution in [2.24, 2.45) is 0 Å². The average Bonchev–Trinajstić information content (AvgIpc) is 3.09. The zero-order valence-corrected chi connectivity index (χ0v) is 19.3. The van der Waals surface area contributed by atoms with Crippen molar-refractivity contribution in [3.8, 4) is 0 Å². The van der Waals surface area contributed by atoms with E-state index in [9.17, 15) is 9.59 Å². The van der Waals surface area contributed by atoms with Crippen LogP contribution < -0.4 is 28.5 Å². The van der Waals surface area contributed by atoms with Gasteiger partial charge in [0.2, 0.25) is 11.6 Å². The third kappa shape index (κ3) is 4.53.